The van der Waals surface area contributed by atoms with Gasteiger partial charge in [-0.3, -0.25) is 11.3 Å². The number of nitrogens with one attached hydrogen (secondary N) is 1. The van der Waals surface area contributed by atoms with E-state index < -0.39 is 0 Å². The summed E-state index contributed by atoms with van der Waals surface area (Å²) in [5.41, 5.74) is 5.56. The first kappa shape index (κ1) is 13.6. The Bertz CT molecular complexity index is 508. The molecule has 0 bridgehead atoms. The first-order chi connectivity index (χ1) is 8.72. The van der Waals surface area contributed by atoms with Crippen molar-refractivity contribution in [3.63, 3.8) is 0 Å². The SMILES string of the molecule is Cc1ccccc1SCC(NN)c1sccc1C. The monoisotopic (exact) mass is 278 g/mol. The van der Waals surface area contributed by atoms with Crippen LogP contribution >= 0.6 is 23.1 Å². The van der Waals surface area contributed by atoms with Crippen molar-refractivity contribution < 1.29 is 0 Å². The molecule has 0 amide bonds. The molecule has 0 aliphatic carbocycles. The van der Waals surface area contributed by atoms with Crippen LogP contribution in [0.3, 0.4) is 0 Å². The standard InChI is InChI=1S/C14H18N2S2/c1-10-5-3-4-6-13(10)18-9-12(16-15)14-11(2)7-8-17-14/h3-8,12,16H,9,15H2,1-2H3. The summed E-state index contributed by atoms with van der Waals surface area (Å²) in [6, 6.07) is 10.8. The highest BCUT2D eigenvalue weighted by Gasteiger charge is 2.14. The largest absolute Gasteiger partial charge is 0.271 e. The lowest BCUT2D eigenvalue weighted by atomic mass is 10.2. The van der Waals surface area contributed by atoms with Gasteiger partial charge in [0.2, 0.25) is 0 Å². The summed E-state index contributed by atoms with van der Waals surface area (Å²) in [6.45, 7) is 4.28. The van der Waals surface area contributed by atoms with Crippen LogP contribution in [-0.2, 0) is 0 Å². The number of thiophene rings is 1. The van der Waals surface area contributed by atoms with E-state index in [9.17, 15) is 0 Å². The van der Waals surface area contributed by atoms with Crippen LogP contribution in [-0.4, -0.2) is 5.75 Å². The van der Waals surface area contributed by atoms with Crippen LogP contribution < -0.4 is 11.3 Å². The third-order valence-corrected chi connectivity index (χ3v) is 5.32. The van der Waals surface area contributed by atoms with Crippen LogP contribution in [0, 0.1) is 13.8 Å². The van der Waals surface area contributed by atoms with Gasteiger partial charge in [0.25, 0.3) is 0 Å². The molecule has 1 aromatic carbocycles. The fraction of sp³-hybridized carbons (Fsp3) is 0.286. The maximum Gasteiger partial charge on any atom is 0.0649 e. The number of hydrazine groups is 1. The van der Waals surface area contributed by atoms with E-state index in [1.54, 1.807) is 11.3 Å². The molecule has 2 nitrogen and oxygen atoms in total. The van der Waals surface area contributed by atoms with Crippen molar-refractivity contribution >= 4 is 23.1 Å². The molecule has 0 saturated heterocycles. The number of hydrogen-bond donors (Lipinski definition) is 2. The Kier molecular flexibility index (Phi) is 4.83. The predicted octanol–water partition coefficient (Wildman–Crippen LogP) is 3.66. The highest BCUT2D eigenvalue weighted by Crippen LogP contribution is 2.30. The highest BCUT2D eigenvalue weighted by atomic mass is 32.2. The number of hydrogen-bond acceptors (Lipinski definition) is 4. The molecule has 1 unspecified atom stereocenters. The molecule has 0 radical (unpaired) electrons. The minimum Gasteiger partial charge on any atom is -0.271 e. The summed E-state index contributed by atoms with van der Waals surface area (Å²) >= 11 is 3.62. The summed E-state index contributed by atoms with van der Waals surface area (Å²) in [4.78, 5) is 2.66. The maximum atomic E-state index is 5.68. The second-order valence-electron chi connectivity index (χ2n) is 4.26. The van der Waals surface area contributed by atoms with Crippen molar-refractivity contribution in [2.45, 2.75) is 24.8 Å². The van der Waals surface area contributed by atoms with E-state index in [1.165, 1.54) is 20.9 Å². The van der Waals surface area contributed by atoms with Gasteiger partial charge in [-0.2, -0.15) is 0 Å². The third-order valence-electron chi connectivity index (χ3n) is 2.92. The van der Waals surface area contributed by atoms with Gasteiger partial charge in [-0.25, -0.2) is 0 Å². The van der Waals surface area contributed by atoms with Crippen LogP contribution in [0.1, 0.15) is 22.0 Å². The zero-order valence-electron chi connectivity index (χ0n) is 10.6. The summed E-state index contributed by atoms with van der Waals surface area (Å²) in [5.74, 6) is 6.63. The van der Waals surface area contributed by atoms with Crippen molar-refractivity contribution in [3.8, 4) is 0 Å². The Labute approximate surface area is 117 Å². The Morgan fingerprint density at radius 2 is 2.00 bits per heavy atom. The number of rotatable bonds is 5. The maximum absolute atomic E-state index is 5.68. The summed E-state index contributed by atoms with van der Waals surface area (Å²) < 4.78 is 0. The summed E-state index contributed by atoms with van der Waals surface area (Å²) in [5, 5.41) is 2.12. The normalized spacial score (nSPS) is 12.6. The summed E-state index contributed by atoms with van der Waals surface area (Å²) in [7, 11) is 0. The van der Waals surface area contributed by atoms with Crippen LogP contribution in [0.5, 0.6) is 0 Å². The van der Waals surface area contributed by atoms with E-state index in [2.05, 4.69) is 55.0 Å². The van der Waals surface area contributed by atoms with Crippen molar-refractivity contribution in [1.82, 2.24) is 5.43 Å². The summed E-state index contributed by atoms with van der Waals surface area (Å²) in [6.07, 6.45) is 0. The minimum atomic E-state index is 0.217. The van der Waals surface area contributed by atoms with Gasteiger partial charge in [-0.05, 0) is 42.5 Å². The molecule has 0 fully saturated rings. The molecule has 1 aromatic heterocycles. The average molecular weight is 278 g/mol. The van der Waals surface area contributed by atoms with E-state index >= 15 is 0 Å². The molecule has 0 spiro atoms. The molecule has 4 heteroatoms. The van der Waals surface area contributed by atoms with Gasteiger partial charge in [0.1, 0.15) is 0 Å². The second kappa shape index (κ2) is 6.38. The first-order valence-electron chi connectivity index (χ1n) is 5.91. The van der Waals surface area contributed by atoms with Crippen molar-refractivity contribution in [1.29, 1.82) is 0 Å². The number of nitrogens with two attached hydrogens (primary N) is 1. The predicted molar refractivity (Wildman–Crippen MR) is 81.0 cm³/mol. The quantitative estimate of drug-likeness (QED) is 0.498. The van der Waals surface area contributed by atoms with Gasteiger partial charge in [0, 0.05) is 15.5 Å². The molecule has 2 rings (SSSR count). The first-order valence-corrected chi connectivity index (χ1v) is 7.77. The van der Waals surface area contributed by atoms with Gasteiger partial charge >= 0.3 is 0 Å². The van der Waals surface area contributed by atoms with Gasteiger partial charge in [-0.15, -0.1) is 23.1 Å². The molecular weight excluding hydrogens is 260 g/mol. The zero-order chi connectivity index (χ0) is 13.0. The Morgan fingerprint density at radius 1 is 1.22 bits per heavy atom. The van der Waals surface area contributed by atoms with E-state index in [4.69, 9.17) is 5.84 Å². The van der Waals surface area contributed by atoms with Crippen molar-refractivity contribution in [2.24, 2.45) is 5.84 Å². The van der Waals surface area contributed by atoms with Crippen LogP contribution in [0.15, 0.2) is 40.6 Å². The van der Waals surface area contributed by atoms with E-state index in [0.29, 0.717) is 0 Å². The van der Waals surface area contributed by atoms with Gasteiger partial charge in [-0.1, -0.05) is 18.2 Å². The topological polar surface area (TPSA) is 38.0 Å². The van der Waals surface area contributed by atoms with E-state index in [-0.39, 0.29) is 6.04 Å². The Balaban J connectivity index is 2.05. The molecule has 1 heterocycles. The zero-order valence-corrected chi connectivity index (χ0v) is 12.3. The number of aryl methyl sites for hydroxylation is 2. The van der Waals surface area contributed by atoms with Gasteiger partial charge in [0.05, 0.1) is 6.04 Å². The van der Waals surface area contributed by atoms with Crippen molar-refractivity contribution in [2.75, 3.05) is 5.75 Å². The molecular formula is C14H18N2S2. The molecule has 2 aromatic rings. The van der Waals surface area contributed by atoms with Crippen LogP contribution in [0.2, 0.25) is 0 Å². The molecule has 1 atom stereocenters. The lowest BCUT2D eigenvalue weighted by molar-refractivity contribution is 0.618. The number of benzene rings is 1. The fourth-order valence-electron chi connectivity index (χ4n) is 1.83. The van der Waals surface area contributed by atoms with Crippen LogP contribution in [0.4, 0.5) is 0 Å². The molecule has 18 heavy (non-hydrogen) atoms. The van der Waals surface area contributed by atoms with Crippen molar-refractivity contribution in [3.05, 3.63) is 51.7 Å². The molecule has 96 valence electrons. The minimum absolute atomic E-state index is 0.217. The lowest BCUT2D eigenvalue weighted by Crippen LogP contribution is -2.29. The lowest BCUT2D eigenvalue weighted by Gasteiger charge is -2.15. The Morgan fingerprint density at radius 3 is 2.61 bits per heavy atom. The Hall–Kier alpha value is -0.810. The smallest absolute Gasteiger partial charge is 0.0649 e. The van der Waals surface area contributed by atoms with Gasteiger partial charge < -0.3 is 0 Å². The number of thioether (sulfide) groups is 1. The third kappa shape index (κ3) is 3.14. The molecule has 0 aliphatic heterocycles. The van der Waals surface area contributed by atoms with Crippen LogP contribution in [0.25, 0.3) is 0 Å². The van der Waals surface area contributed by atoms with E-state index in [0.717, 1.165) is 5.75 Å². The molecule has 0 aliphatic rings. The second-order valence-corrected chi connectivity index (χ2v) is 6.27. The molecule has 3 N–H and O–H groups in total. The molecule has 0 saturated carbocycles. The van der Waals surface area contributed by atoms with Gasteiger partial charge in [0.15, 0.2) is 0 Å². The fourth-order valence-corrected chi connectivity index (χ4v) is 4.01. The highest BCUT2D eigenvalue weighted by molar-refractivity contribution is 7.99. The average Bonchev–Trinajstić information content (AvgIpc) is 2.79. The van der Waals surface area contributed by atoms with E-state index in [1.807, 2.05) is 11.8 Å².